The third-order valence-corrected chi connectivity index (χ3v) is 4.85. The van der Waals surface area contributed by atoms with E-state index in [1.165, 1.54) is 11.1 Å². The van der Waals surface area contributed by atoms with Crippen LogP contribution in [0, 0.1) is 19.8 Å². The zero-order valence-corrected chi connectivity index (χ0v) is 16.7. The highest BCUT2D eigenvalue weighted by atomic mass is 35.5. The molecule has 1 N–H and O–H groups in total. The molecule has 1 aromatic carbocycles. The number of likely N-dealkylation sites (tertiary alicyclic amines) is 1. The largest absolute Gasteiger partial charge is 0.493 e. The van der Waals surface area contributed by atoms with Crippen LogP contribution in [0.3, 0.4) is 0 Å². The minimum atomic E-state index is 0. The van der Waals surface area contributed by atoms with E-state index < -0.39 is 0 Å². The summed E-state index contributed by atoms with van der Waals surface area (Å²) in [6.45, 7) is 7.73. The van der Waals surface area contributed by atoms with Gasteiger partial charge in [0.1, 0.15) is 5.75 Å². The Labute approximate surface area is 158 Å². The number of aryl methyl sites for hydroxylation is 2. The second kappa shape index (κ2) is 11.4. The number of carbonyl (C=O) groups excluding carboxylic acids is 1. The molecule has 4 nitrogen and oxygen atoms in total. The monoisotopic (exact) mass is 368 g/mol. The van der Waals surface area contributed by atoms with Gasteiger partial charge in [-0.15, -0.1) is 12.4 Å². The second-order valence-electron chi connectivity index (χ2n) is 6.96. The molecule has 1 saturated heterocycles. The van der Waals surface area contributed by atoms with Crippen molar-refractivity contribution < 1.29 is 9.53 Å². The average molecular weight is 369 g/mol. The molecule has 142 valence electrons. The van der Waals surface area contributed by atoms with Crippen molar-refractivity contribution in [1.29, 1.82) is 0 Å². The molecule has 1 fully saturated rings. The van der Waals surface area contributed by atoms with Crippen LogP contribution in [0.1, 0.15) is 43.2 Å². The van der Waals surface area contributed by atoms with Crippen LogP contribution in [-0.4, -0.2) is 44.1 Å². The predicted molar refractivity (Wildman–Crippen MR) is 106 cm³/mol. The Kier molecular flexibility index (Phi) is 9.91. The lowest BCUT2D eigenvalue weighted by atomic mass is 9.96. The minimum absolute atomic E-state index is 0. The van der Waals surface area contributed by atoms with Crippen molar-refractivity contribution in [3.8, 4) is 5.75 Å². The quantitative estimate of drug-likeness (QED) is 0.711. The number of hydrogen-bond acceptors (Lipinski definition) is 3. The van der Waals surface area contributed by atoms with Gasteiger partial charge in [0.2, 0.25) is 5.91 Å². The summed E-state index contributed by atoms with van der Waals surface area (Å²) in [7, 11) is 2.00. The molecular weight excluding hydrogens is 336 g/mol. The number of amides is 1. The number of nitrogens with one attached hydrogen (secondary N) is 1. The van der Waals surface area contributed by atoms with E-state index >= 15 is 0 Å². The molecule has 1 aromatic rings. The predicted octanol–water partition coefficient (Wildman–Crippen LogP) is 3.73. The van der Waals surface area contributed by atoms with Crippen LogP contribution in [0.4, 0.5) is 0 Å². The topological polar surface area (TPSA) is 41.6 Å². The minimum Gasteiger partial charge on any atom is -0.493 e. The molecule has 0 spiro atoms. The van der Waals surface area contributed by atoms with Gasteiger partial charge in [0.05, 0.1) is 6.61 Å². The summed E-state index contributed by atoms with van der Waals surface area (Å²) in [5, 5.41) is 3.23. The Morgan fingerprint density at radius 1 is 1.24 bits per heavy atom. The normalized spacial score (nSPS) is 14.9. The van der Waals surface area contributed by atoms with Gasteiger partial charge in [0.25, 0.3) is 0 Å². The lowest BCUT2D eigenvalue weighted by molar-refractivity contribution is -0.132. The highest BCUT2D eigenvalue weighted by Gasteiger charge is 2.21. The van der Waals surface area contributed by atoms with Gasteiger partial charge in [-0.2, -0.15) is 0 Å². The molecule has 1 aliphatic rings. The lowest BCUT2D eigenvalue weighted by Crippen LogP contribution is -2.40. The van der Waals surface area contributed by atoms with E-state index in [0.717, 1.165) is 57.0 Å². The molecular formula is C20H33ClN2O2. The summed E-state index contributed by atoms with van der Waals surface area (Å²) in [5.41, 5.74) is 2.38. The molecule has 0 atom stereocenters. The molecule has 2 rings (SSSR count). The number of hydrogen-bond donors (Lipinski definition) is 1. The Morgan fingerprint density at radius 3 is 2.64 bits per heavy atom. The lowest BCUT2D eigenvalue weighted by Gasteiger charge is -2.32. The molecule has 0 unspecified atom stereocenters. The van der Waals surface area contributed by atoms with E-state index in [1.807, 2.05) is 11.9 Å². The number of carbonyl (C=O) groups is 1. The molecule has 5 heteroatoms. The van der Waals surface area contributed by atoms with E-state index in [0.29, 0.717) is 18.9 Å². The van der Waals surface area contributed by atoms with Gasteiger partial charge in [0.15, 0.2) is 0 Å². The fraction of sp³-hybridized carbons (Fsp3) is 0.650. The van der Waals surface area contributed by atoms with Crippen LogP contribution in [0.2, 0.25) is 0 Å². The molecule has 1 amide bonds. The summed E-state index contributed by atoms with van der Waals surface area (Å²) in [6, 6.07) is 6.27. The summed E-state index contributed by atoms with van der Waals surface area (Å²) >= 11 is 0. The molecule has 0 saturated carbocycles. The van der Waals surface area contributed by atoms with Crippen LogP contribution >= 0.6 is 12.4 Å². The van der Waals surface area contributed by atoms with Gasteiger partial charge in [-0.3, -0.25) is 4.79 Å². The maximum absolute atomic E-state index is 12.3. The Hall–Kier alpha value is -1.26. The van der Waals surface area contributed by atoms with E-state index in [1.54, 1.807) is 0 Å². The van der Waals surface area contributed by atoms with Crippen LogP contribution in [-0.2, 0) is 4.79 Å². The highest BCUT2D eigenvalue weighted by molar-refractivity contribution is 5.85. The van der Waals surface area contributed by atoms with Crippen LogP contribution in [0.15, 0.2) is 18.2 Å². The fourth-order valence-electron chi connectivity index (χ4n) is 3.26. The first-order valence-corrected chi connectivity index (χ1v) is 9.22. The van der Waals surface area contributed by atoms with E-state index in [9.17, 15) is 4.79 Å². The van der Waals surface area contributed by atoms with Crippen LogP contribution in [0.25, 0.3) is 0 Å². The number of nitrogens with zero attached hydrogens (tertiary/aromatic N) is 1. The van der Waals surface area contributed by atoms with E-state index in [2.05, 4.69) is 37.4 Å². The molecule has 1 heterocycles. The van der Waals surface area contributed by atoms with Crippen molar-refractivity contribution in [2.45, 2.75) is 46.0 Å². The summed E-state index contributed by atoms with van der Waals surface area (Å²) in [6.07, 6.45) is 4.73. The molecule has 0 radical (unpaired) electrons. The second-order valence-corrected chi connectivity index (χ2v) is 6.96. The standard InChI is InChI=1S/C20H32N2O2.ClH/c1-16-7-8-17(2)19(14-16)24-13-5-4-6-20(23)22-11-9-18(10-12-22)15-21-3;/h7-8,14,18,21H,4-6,9-13,15H2,1-3H3;1H. The van der Waals surface area contributed by atoms with Gasteiger partial charge >= 0.3 is 0 Å². The van der Waals surface area contributed by atoms with Crippen molar-refractivity contribution in [2.24, 2.45) is 5.92 Å². The molecule has 0 aromatic heterocycles. The molecule has 1 aliphatic heterocycles. The third-order valence-electron chi connectivity index (χ3n) is 4.85. The first-order valence-electron chi connectivity index (χ1n) is 9.22. The van der Waals surface area contributed by atoms with Crippen molar-refractivity contribution in [1.82, 2.24) is 10.2 Å². The highest BCUT2D eigenvalue weighted by Crippen LogP contribution is 2.20. The maximum Gasteiger partial charge on any atom is 0.222 e. The zero-order chi connectivity index (χ0) is 17.4. The van der Waals surface area contributed by atoms with Crippen molar-refractivity contribution >= 4 is 18.3 Å². The van der Waals surface area contributed by atoms with Crippen molar-refractivity contribution in [3.63, 3.8) is 0 Å². The SMILES string of the molecule is CNCC1CCN(C(=O)CCCCOc2cc(C)ccc2C)CC1.Cl. The molecule has 0 bridgehead atoms. The average Bonchev–Trinajstić information content (AvgIpc) is 2.58. The molecule has 0 aliphatic carbocycles. The Balaban J connectivity index is 0.00000312. The first-order chi connectivity index (χ1) is 11.6. The number of benzene rings is 1. The fourth-order valence-corrected chi connectivity index (χ4v) is 3.26. The van der Waals surface area contributed by atoms with E-state index in [-0.39, 0.29) is 12.4 Å². The summed E-state index contributed by atoms with van der Waals surface area (Å²) in [5.74, 6) is 2.00. The van der Waals surface area contributed by atoms with Crippen LogP contribution < -0.4 is 10.1 Å². The summed E-state index contributed by atoms with van der Waals surface area (Å²) < 4.78 is 5.85. The first kappa shape index (κ1) is 21.8. The Morgan fingerprint density at radius 2 is 1.96 bits per heavy atom. The number of unbranched alkanes of at least 4 members (excludes halogenated alkanes) is 1. The summed E-state index contributed by atoms with van der Waals surface area (Å²) in [4.78, 5) is 14.3. The van der Waals surface area contributed by atoms with Gasteiger partial charge in [-0.1, -0.05) is 12.1 Å². The smallest absolute Gasteiger partial charge is 0.222 e. The van der Waals surface area contributed by atoms with Gasteiger partial charge < -0.3 is 15.0 Å². The number of ether oxygens (including phenoxy) is 1. The van der Waals surface area contributed by atoms with Crippen LogP contribution in [0.5, 0.6) is 5.75 Å². The van der Waals surface area contributed by atoms with E-state index in [4.69, 9.17) is 4.74 Å². The third kappa shape index (κ3) is 7.25. The van der Waals surface area contributed by atoms with Gasteiger partial charge in [-0.25, -0.2) is 0 Å². The maximum atomic E-state index is 12.3. The number of halogens is 1. The number of piperidine rings is 1. The Bertz CT molecular complexity index is 528. The van der Waals surface area contributed by atoms with Gasteiger partial charge in [0, 0.05) is 19.5 Å². The van der Waals surface area contributed by atoms with Crippen molar-refractivity contribution in [3.05, 3.63) is 29.3 Å². The molecule has 25 heavy (non-hydrogen) atoms. The zero-order valence-electron chi connectivity index (χ0n) is 15.8. The number of rotatable bonds is 8. The van der Waals surface area contributed by atoms with Crippen molar-refractivity contribution in [2.75, 3.05) is 33.3 Å². The van der Waals surface area contributed by atoms with Gasteiger partial charge in [-0.05, 0) is 76.2 Å².